The number of nitrogens with zero attached hydrogens (tertiary/aromatic N) is 3. The van der Waals surface area contributed by atoms with Gasteiger partial charge in [0, 0.05) is 24.7 Å². The first kappa shape index (κ1) is 29.6. The normalized spacial score (nSPS) is 11.0. The summed E-state index contributed by atoms with van der Waals surface area (Å²) in [7, 11) is 3.17. The zero-order valence-electron chi connectivity index (χ0n) is 24.4. The number of unbranched alkanes of at least 4 members (excludes halogenated alkanes) is 2. The maximum atomic E-state index is 13.6. The summed E-state index contributed by atoms with van der Waals surface area (Å²) in [5.41, 5.74) is 3.63. The lowest BCUT2D eigenvalue weighted by Gasteiger charge is -2.27. The molecule has 0 saturated heterocycles. The van der Waals surface area contributed by atoms with E-state index in [1.54, 1.807) is 14.2 Å². The lowest BCUT2D eigenvalue weighted by atomic mass is 10.1. The second-order valence-electron chi connectivity index (χ2n) is 10.3. The maximum absolute atomic E-state index is 13.6. The van der Waals surface area contributed by atoms with Crippen LogP contribution in [0.3, 0.4) is 0 Å². The highest BCUT2D eigenvalue weighted by molar-refractivity contribution is 5.94. The third kappa shape index (κ3) is 7.66. The van der Waals surface area contributed by atoms with Gasteiger partial charge in [0.05, 0.1) is 31.7 Å². The van der Waals surface area contributed by atoms with E-state index in [1.807, 2.05) is 91.5 Å². The number of benzene rings is 3. The van der Waals surface area contributed by atoms with E-state index >= 15 is 0 Å². The number of methoxy groups -OCH3 is 2. The molecule has 0 spiro atoms. The van der Waals surface area contributed by atoms with Crippen molar-refractivity contribution in [3.63, 3.8) is 0 Å². The zero-order chi connectivity index (χ0) is 29.2. The second kappa shape index (κ2) is 14.3. The minimum atomic E-state index is -0.0225. The Morgan fingerprint density at radius 2 is 1.63 bits per heavy atom. The van der Waals surface area contributed by atoms with E-state index in [1.165, 1.54) is 0 Å². The Bertz CT molecular complexity index is 1450. The number of ether oxygens (including phenoxy) is 2. The van der Waals surface area contributed by atoms with Crippen molar-refractivity contribution in [3.8, 4) is 11.5 Å². The van der Waals surface area contributed by atoms with Crippen molar-refractivity contribution >= 4 is 28.5 Å². The molecule has 0 radical (unpaired) electrons. The number of aromatic nitrogens is 2. The highest BCUT2D eigenvalue weighted by Crippen LogP contribution is 2.27. The number of para-hydroxylation sites is 3. The highest BCUT2D eigenvalue weighted by atomic mass is 16.5. The summed E-state index contributed by atoms with van der Waals surface area (Å²) in [4.78, 5) is 32.7. The van der Waals surface area contributed by atoms with Crippen LogP contribution in [-0.2, 0) is 29.0 Å². The minimum Gasteiger partial charge on any atom is -0.493 e. The average molecular weight is 557 g/mol. The topological polar surface area (TPSA) is 85.7 Å². The Kier molecular flexibility index (Phi) is 10.4. The predicted molar refractivity (Wildman–Crippen MR) is 163 cm³/mol. The van der Waals surface area contributed by atoms with E-state index in [0.29, 0.717) is 18.0 Å². The molecule has 4 rings (SSSR count). The minimum absolute atomic E-state index is 0.0225. The molecule has 8 heteroatoms. The number of anilines is 1. The van der Waals surface area contributed by atoms with Gasteiger partial charge in [0.15, 0.2) is 11.5 Å². The molecule has 0 aliphatic heterocycles. The Hall–Kier alpha value is -4.33. The van der Waals surface area contributed by atoms with Crippen molar-refractivity contribution in [2.45, 2.75) is 58.5 Å². The standard InChI is InChI=1S/C33H40N4O4/c1-24(2)37(26-13-7-5-8-14-26)33(39)23-36-28-16-11-10-15-27(28)35-31(36)17-9-6-12-20-34-32(38)22-25-18-19-29(40-3)30(21-25)41-4/h5,7-8,10-11,13-16,18-19,21,24H,6,9,12,17,20,22-23H2,1-4H3,(H,34,38). The number of fused-ring (bicyclic) bond motifs is 1. The van der Waals surface area contributed by atoms with Crippen LogP contribution in [0.5, 0.6) is 11.5 Å². The van der Waals surface area contributed by atoms with Gasteiger partial charge >= 0.3 is 0 Å². The van der Waals surface area contributed by atoms with Gasteiger partial charge in [-0.05, 0) is 68.7 Å². The van der Waals surface area contributed by atoms with Crippen LogP contribution in [0.25, 0.3) is 11.0 Å². The fraction of sp³-hybridized carbons (Fsp3) is 0.364. The van der Waals surface area contributed by atoms with Gasteiger partial charge in [0.25, 0.3) is 0 Å². The van der Waals surface area contributed by atoms with Crippen molar-refractivity contribution < 1.29 is 19.1 Å². The molecule has 216 valence electrons. The van der Waals surface area contributed by atoms with Crippen LogP contribution < -0.4 is 19.7 Å². The van der Waals surface area contributed by atoms with Crippen molar-refractivity contribution in [1.82, 2.24) is 14.9 Å². The largest absolute Gasteiger partial charge is 0.493 e. The summed E-state index contributed by atoms with van der Waals surface area (Å²) in [6, 6.07) is 23.3. The fourth-order valence-corrected chi connectivity index (χ4v) is 5.07. The maximum Gasteiger partial charge on any atom is 0.247 e. The van der Waals surface area contributed by atoms with Crippen LogP contribution in [0.4, 0.5) is 5.69 Å². The van der Waals surface area contributed by atoms with E-state index in [2.05, 4.69) is 9.88 Å². The summed E-state index contributed by atoms with van der Waals surface area (Å²) in [6.07, 6.45) is 3.76. The fourth-order valence-electron chi connectivity index (χ4n) is 5.07. The van der Waals surface area contributed by atoms with Crippen LogP contribution in [0.1, 0.15) is 44.5 Å². The van der Waals surface area contributed by atoms with Gasteiger partial charge in [-0.15, -0.1) is 0 Å². The van der Waals surface area contributed by atoms with Crippen LogP contribution in [0, 0.1) is 0 Å². The second-order valence-corrected chi connectivity index (χ2v) is 10.3. The molecular formula is C33H40N4O4. The first-order valence-corrected chi connectivity index (χ1v) is 14.2. The summed E-state index contributed by atoms with van der Waals surface area (Å²) in [5.74, 6) is 2.18. The molecule has 3 aromatic carbocycles. The molecule has 0 aliphatic carbocycles. The van der Waals surface area contributed by atoms with Crippen LogP contribution in [0.2, 0.25) is 0 Å². The van der Waals surface area contributed by atoms with Crippen molar-refractivity contribution in [2.75, 3.05) is 25.7 Å². The average Bonchev–Trinajstić information content (AvgIpc) is 3.32. The predicted octanol–water partition coefficient (Wildman–Crippen LogP) is 5.57. The van der Waals surface area contributed by atoms with Crippen molar-refractivity contribution in [1.29, 1.82) is 0 Å². The van der Waals surface area contributed by atoms with E-state index in [0.717, 1.165) is 53.8 Å². The molecule has 2 amide bonds. The molecular weight excluding hydrogens is 516 g/mol. The Balaban J connectivity index is 1.31. The number of aryl methyl sites for hydroxylation is 1. The van der Waals surface area contributed by atoms with Crippen LogP contribution in [0.15, 0.2) is 72.8 Å². The molecule has 0 aliphatic rings. The third-order valence-corrected chi connectivity index (χ3v) is 7.06. The zero-order valence-corrected chi connectivity index (χ0v) is 24.4. The lowest BCUT2D eigenvalue weighted by Crippen LogP contribution is -2.39. The SMILES string of the molecule is COc1ccc(CC(=O)NCCCCCc2nc3ccccc3n2CC(=O)N(c2ccccc2)C(C)C)cc1OC. The van der Waals surface area contributed by atoms with E-state index < -0.39 is 0 Å². The van der Waals surface area contributed by atoms with Crippen LogP contribution >= 0.6 is 0 Å². The number of hydrogen-bond acceptors (Lipinski definition) is 5. The molecule has 1 N–H and O–H groups in total. The summed E-state index contributed by atoms with van der Waals surface area (Å²) >= 11 is 0. The van der Waals surface area contributed by atoms with Crippen molar-refractivity contribution in [3.05, 3.63) is 84.2 Å². The van der Waals surface area contributed by atoms with Gasteiger partial charge in [0.2, 0.25) is 11.8 Å². The number of hydrogen-bond donors (Lipinski definition) is 1. The summed E-state index contributed by atoms with van der Waals surface area (Å²) < 4.78 is 12.6. The van der Waals surface area contributed by atoms with Crippen molar-refractivity contribution in [2.24, 2.45) is 0 Å². The number of nitrogens with one attached hydrogen (secondary N) is 1. The molecule has 1 heterocycles. The van der Waals surface area contributed by atoms with Gasteiger partial charge in [0.1, 0.15) is 12.4 Å². The van der Waals surface area contributed by atoms with E-state index in [9.17, 15) is 9.59 Å². The van der Waals surface area contributed by atoms with E-state index in [-0.39, 0.29) is 30.8 Å². The van der Waals surface area contributed by atoms with Gasteiger partial charge in [-0.25, -0.2) is 4.98 Å². The number of carbonyl (C=O) groups is 2. The molecule has 0 bridgehead atoms. The van der Waals surface area contributed by atoms with Gasteiger partial charge < -0.3 is 24.3 Å². The Labute approximate surface area is 242 Å². The quantitative estimate of drug-likeness (QED) is 0.205. The van der Waals surface area contributed by atoms with Gasteiger partial charge in [-0.1, -0.05) is 42.8 Å². The number of amides is 2. The highest BCUT2D eigenvalue weighted by Gasteiger charge is 2.21. The smallest absolute Gasteiger partial charge is 0.247 e. The van der Waals surface area contributed by atoms with Gasteiger partial charge in [-0.2, -0.15) is 0 Å². The molecule has 0 atom stereocenters. The van der Waals surface area contributed by atoms with Gasteiger partial charge in [-0.3, -0.25) is 9.59 Å². The number of rotatable bonds is 14. The monoisotopic (exact) mass is 556 g/mol. The summed E-state index contributed by atoms with van der Waals surface area (Å²) in [5, 5.41) is 3.01. The Morgan fingerprint density at radius 1 is 0.902 bits per heavy atom. The number of imidazole rings is 1. The molecule has 41 heavy (non-hydrogen) atoms. The first-order chi connectivity index (χ1) is 19.9. The molecule has 1 aromatic heterocycles. The van der Waals surface area contributed by atoms with E-state index in [4.69, 9.17) is 14.5 Å². The molecule has 4 aromatic rings. The number of carbonyl (C=O) groups excluding carboxylic acids is 2. The first-order valence-electron chi connectivity index (χ1n) is 14.2. The lowest BCUT2D eigenvalue weighted by molar-refractivity contribution is -0.120. The molecule has 8 nitrogen and oxygen atoms in total. The molecule has 0 unspecified atom stereocenters. The molecule has 0 saturated carbocycles. The Morgan fingerprint density at radius 3 is 2.37 bits per heavy atom. The van der Waals surface area contributed by atoms with Crippen LogP contribution in [-0.4, -0.2) is 48.2 Å². The summed E-state index contributed by atoms with van der Waals surface area (Å²) in [6.45, 7) is 4.91. The molecule has 0 fully saturated rings. The third-order valence-electron chi connectivity index (χ3n) is 7.06.